The molecule has 1 heterocycles. The van der Waals surface area contributed by atoms with E-state index in [1.807, 2.05) is 18.3 Å². The molecule has 0 aliphatic carbocycles. The van der Waals surface area contributed by atoms with Gasteiger partial charge in [-0.25, -0.2) is 0 Å². The van der Waals surface area contributed by atoms with E-state index >= 15 is 0 Å². The number of halogens is 1. The van der Waals surface area contributed by atoms with Crippen molar-refractivity contribution >= 4 is 15.9 Å². The van der Waals surface area contributed by atoms with E-state index in [-0.39, 0.29) is 0 Å². The van der Waals surface area contributed by atoms with Gasteiger partial charge < -0.3 is 5.73 Å². The molecular formula is C12H11BrN2. The zero-order chi connectivity index (χ0) is 10.7. The van der Waals surface area contributed by atoms with Crippen molar-refractivity contribution in [3.8, 4) is 11.1 Å². The predicted molar refractivity (Wildman–Crippen MR) is 65.3 cm³/mol. The molecule has 0 aliphatic rings. The third-order valence-corrected chi connectivity index (χ3v) is 2.74. The summed E-state index contributed by atoms with van der Waals surface area (Å²) in [4.78, 5) is 4.16. The van der Waals surface area contributed by atoms with E-state index in [0.717, 1.165) is 21.2 Å². The van der Waals surface area contributed by atoms with E-state index in [0.29, 0.717) is 6.54 Å². The molecule has 0 saturated carbocycles. The molecule has 0 radical (unpaired) electrons. The molecule has 15 heavy (non-hydrogen) atoms. The Morgan fingerprint density at radius 2 is 1.80 bits per heavy atom. The lowest BCUT2D eigenvalue weighted by Crippen LogP contribution is -1.96. The highest BCUT2D eigenvalue weighted by atomic mass is 79.9. The van der Waals surface area contributed by atoms with Gasteiger partial charge in [0, 0.05) is 29.0 Å². The molecule has 3 heteroatoms. The Morgan fingerprint density at radius 1 is 1.07 bits per heavy atom. The van der Waals surface area contributed by atoms with Gasteiger partial charge in [-0.05, 0) is 29.3 Å². The first-order valence-corrected chi connectivity index (χ1v) is 5.49. The van der Waals surface area contributed by atoms with Crippen LogP contribution < -0.4 is 5.73 Å². The summed E-state index contributed by atoms with van der Waals surface area (Å²) in [5.74, 6) is 0. The fourth-order valence-corrected chi connectivity index (χ4v) is 1.66. The lowest BCUT2D eigenvalue weighted by atomic mass is 10.1. The lowest BCUT2D eigenvalue weighted by molar-refractivity contribution is 1.05. The third-order valence-electron chi connectivity index (χ3n) is 2.21. The maximum Gasteiger partial charge on any atom is 0.0346 e. The molecule has 1 aromatic heterocycles. The maximum absolute atomic E-state index is 5.57. The van der Waals surface area contributed by atoms with Gasteiger partial charge in [-0.15, -0.1) is 0 Å². The second-order valence-corrected chi connectivity index (χ2v) is 4.21. The zero-order valence-corrected chi connectivity index (χ0v) is 9.74. The second kappa shape index (κ2) is 4.55. The normalized spacial score (nSPS) is 10.3. The molecule has 1 aromatic carbocycles. The van der Waals surface area contributed by atoms with Crippen LogP contribution in [0.2, 0.25) is 0 Å². The van der Waals surface area contributed by atoms with E-state index in [1.165, 1.54) is 0 Å². The highest BCUT2D eigenvalue weighted by molar-refractivity contribution is 9.10. The first-order valence-electron chi connectivity index (χ1n) is 4.69. The average molecular weight is 263 g/mol. The number of hydrogen-bond donors (Lipinski definition) is 1. The van der Waals surface area contributed by atoms with Gasteiger partial charge in [0.1, 0.15) is 0 Å². The SMILES string of the molecule is NCc1cncc(-c2ccc(Br)cc2)c1. The first-order chi connectivity index (χ1) is 7.29. The Morgan fingerprint density at radius 3 is 2.47 bits per heavy atom. The van der Waals surface area contributed by atoms with Crippen molar-refractivity contribution < 1.29 is 0 Å². The van der Waals surface area contributed by atoms with Crippen LogP contribution in [-0.4, -0.2) is 4.98 Å². The fraction of sp³-hybridized carbons (Fsp3) is 0.0833. The predicted octanol–water partition coefficient (Wildman–Crippen LogP) is 2.97. The summed E-state index contributed by atoms with van der Waals surface area (Å²) in [6, 6.07) is 10.2. The van der Waals surface area contributed by atoms with Gasteiger partial charge in [-0.3, -0.25) is 4.98 Å². The largest absolute Gasteiger partial charge is 0.326 e. The van der Waals surface area contributed by atoms with Crippen molar-refractivity contribution in [1.82, 2.24) is 4.98 Å². The summed E-state index contributed by atoms with van der Waals surface area (Å²) < 4.78 is 1.08. The van der Waals surface area contributed by atoms with Crippen molar-refractivity contribution in [2.24, 2.45) is 5.73 Å². The molecule has 0 saturated heterocycles. The molecule has 0 unspecified atom stereocenters. The van der Waals surface area contributed by atoms with E-state index < -0.39 is 0 Å². The quantitative estimate of drug-likeness (QED) is 0.904. The number of benzene rings is 1. The summed E-state index contributed by atoms with van der Waals surface area (Å²) in [6.45, 7) is 0.525. The molecule has 0 spiro atoms. The van der Waals surface area contributed by atoms with Crippen LogP contribution in [0.1, 0.15) is 5.56 Å². The Kier molecular flexibility index (Phi) is 3.14. The number of hydrogen-bond acceptors (Lipinski definition) is 2. The van der Waals surface area contributed by atoms with Crippen molar-refractivity contribution in [2.75, 3.05) is 0 Å². The summed E-state index contributed by atoms with van der Waals surface area (Å²) in [5.41, 5.74) is 8.88. The molecule has 0 atom stereocenters. The maximum atomic E-state index is 5.57. The Labute approximate surface area is 97.3 Å². The van der Waals surface area contributed by atoms with Crippen molar-refractivity contribution in [2.45, 2.75) is 6.54 Å². The minimum atomic E-state index is 0.525. The van der Waals surface area contributed by atoms with Gasteiger partial charge in [-0.2, -0.15) is 0 Å². The van der Waals surface area contributed by atoms with E-state index in [1.54, 1.807) is 6.20 Å². The Hall–Kier alpha value is -1.19. The summed E-state index contributed by atoms with van der Waals surface area (Å²) >= 11 is 3.41. The molecule has 2 N–H and O–H groups in total. The van der Waals surface area contributed by atoms with E-state index in [4.69, 9.17) is 5.73 Å². The molecular weight excluding hydrogens is 252 g/mol. The van der Waals surface area contributed by atoms with Crippen LogP contribution in [-0.2, 0) is 6.54 Å². The number of rotatable bonds is 2. The molecule has 0 amide bonds. The van der Waals surface area contributed by atoms with Crippen LogP contribution >= 0.6 is 15.9 Å². The van der Waals surface area contributed by atoms with Gasteiger partial charge >= 0.3 is 0 Å². The molecule has 2 rings (SSSR count). The van der Waals surface area contributed by atoms with Crippen LogP contribution in [0.25, 0.3) is 11.1 Å². The molecule has 2 aromatic rings. The molecule has 0 aliphatic heterocycles. The van der Waals surface area contributed by atoms with Gasteiger partial charge in [0.05, 0.1) is 0 Å². The summed E-state index contributed by atoms with van der Waals surface area (Å²) in [6.07, 6.45) is 3.64. The summed E-state index contributed by atoms with van der Waals surface area (Å²) in [5, 5.41) is 0. The highest BCUT2D eigenvalue weighted by Crippen LogP contribution is 2.21. The van der Waals surface area contributed by atoms with E-state index in [9.17, 15) is 0 Å². The number of pyridine rings is 1. The smallest absolute Gasteiger partial charge is 0.0346 e. The summed E-state index contributed by atoms with van der Waals surface area (Å²) in [7, 11) is 0. The number of nitrogens with two attached hydrogens (primary N) is 1. The fourth-order valence-electron chi connectivity index (χ4n) is 1.40. The monoisotopic (exact) mass is 262 g/mol. The Bertz CT molecular complexity index is 451. The minimum absolute atomic E-state index is 0.525. The van der Waals surface area contributed by atoms with Crippen molar-refractivity contribution in [3.05, 3.63) is 52.8 Å². The first kappa shape index (κ1) is 10.3. The van der Waals surface area contributed by atoms with Crippen LogP contribution in [0.3, 0.4) is 0 Å². The molecule has 2 nitrogen and oxygen atoms in total. The molecule has 0 bridgehead atoms. The molecule has 0 fully saturated rings. The number of nitrogens with zero attached hydrogens (tertiary/aromatic N) is 1. The van der Waals surface area contributed by atoms with Gasteiger partial charge in [0.25, 0.3) is 0 Å². The van der Waals surface area contributed by atoms with Gasteiger partial charge in [0.2, 0.25) is 0 Å². The molecule has 76 valence electrons. The van der Waals surface area contributed by atoms with Crippen molar-refractivity contribution in [1.29, 1.82) is 0 Å². The van der Waals surface area contributed by atoms with Crippen LogP contribution in [0, 0.1) is 0 Å². The topological polar surface area (TPSA) is 38.9 Å². The zero-order valence-electron chi connectivity index (χ0n) is 8.15. The second-order valence-electron chi connectivity index (χ2n) is 3.29. The lowest BCUT2D eigenvalue weighted by Gasteiger charge is -2.03. The highest BCUT2D eigenvalue weighted by Gasteiger charge is 1.98. The van der Waals surface area contributed by atoms with Crippen LogP contribution in [0.5, 0.6) is 0 Å². The van der Waals surface area contributed by atoms with Crippen LogP contribution in [0.15, 0.2) is 47.2 Å². The van der Waals surface area contributed by atoms with Gasteiger partial charge in [-0.1, -0.05) is 28.1 Å². The minimum Gasteiger partial charge on any atom is -0.326 e. The third kappa shape index (κ3) is 2.43. The van der Waals surface area contributed by atoms with E-state index in [2.05, 4.69) is 39.1 Å². The number of aromatic nitrogens is 1. The standard InChI is InChI=1S/C12H11BrN2/c13-12-3-1-10(2-4-12)11-5-9(6-14)7-15-8-11/h1-5,7-8H,6,14H2. The van der Waals surface area contributed by atoms with Crippen molar-refractivity contribution in [3.63, 3.8) is 0 Å². The van der Waals surface area contributed by atoms with Crippen LogP contribution in [0.4, 0.5) is 0 Å². The average Bonchev–Trinajstić information content (AvgIpc) is 2.30. The Balaban J connectivity index is 2.40. The van der Waals surface area contributed by atoms with Gasteiger partial charge in [0.15, 0.2) is 0 Å².